The highest BCUT2D eigenvalue weighted by atomic mass is 14.8. The molecule has 0 bridgehead atoms. The number of hydrogen-bond acceptors (Lipinski definition) is 1. The van der Waals surface area contributed by atoms with Crippen LogP contribution in [-0.2, 0) is 0 Å². The Balaban J connectivity index is 2.10. The van der Waals surface area contributed by atoms with Crippen LogP contribution >= 0.6 is 0 Å². The number of unbranched alkanes of at least 4 members (excludes halogenated alkanes) is 1. The Morgan fingerprint density at radius 1 is 0.957 bits per heavy atom. The summed E-state index contributed by atoms with van der Waals surface area (Å²) in [4.78, 5) is 0. The third kappa shape index (κ3) is 9.42. The Kier molecular flexibility index (Phi) is 10.7. The lowest BCUT2D eigenvalue weighted by Crippen LogP contribution is -2.17. The number of rotatable bonds is 12. The highest BCUT2D eigenvalue weighted by Gasteiger charge is 2.21. The zero-order valence-corrected chi connectivity index (χ0v) is 16.4. The molecule has 0 aliphatic heterocycles. The van der Waals surface area contributed by atoms with E-state index >= 15 is 0 Å². The van der Waals surface area contributed by atoms with Gasteiger partial charge in [0, 0.05) is 6.54 Å². The van der Waals surface area contributed by atoms with Crippen molar-refractivity contribution in [1.82, 2.24) is 5.32 Å². The van der Waals surface area contributed by atoms with Gasteiger partial charge >= 0.3 is 0 Å². The predicted molar refractivity (Wildman–Crippen MR) is 105 cm³/mol. The van der Waals surface area contributed by atoms with Crippen LogP contribution in [0.5, 0.6) is 0 Å². The molecule has 1 unspecified atom stereocenters. The Labute approximate surface area is 146 Å². The molecule has 1 atom stereocenters. The van der Waals surface area contributed by atoms with Crippen molar-refractivity contribution in [3.63, 3.8) is 0 Å². The van der Waals surface area contributed by atoms with Gasteiger partial charge in [0.05, 0.1) is 0 Å². The van der Waals surface area contributed by atoms with E-state index in [9.17, 15) is 0 Å². The van der Waals surface area contributed by atoms with Crippen molar-refractivity contribution in [2.24, 2.45) is 29.6 Å². The van der Waals surface area contributed by atoms with E-state index in [4.69, 9.17) is 0 Å². The Bertz CT molecular complexity index is 286. The van der Waals surface area contributed by atoms with Gasteiger partial charge in [0.1, 0.15) is 0 Å². The second kappa shape index (κ2) is 12.0. The molecule has 0 saturated heterocycles. The molecule has 136 valence electrons. The van der Waals surface area contributed by atoms with Gasteiger partial charge in [-0.15, -0.1) is 0 Å². The number of hydrogen-bond donors (Lipinski definition) is 1. The topological polar surface area (TPSA) is 12.0 Å². The zero-order chi connectivity index (χ0) is 17.1. The molecule has 23 heavy (non-hydrogen) atoms. The normalized spacial score (nSPS) is 23.2. The molecule has 1 nitrogen and oxygen atoms in total. The fraction of sp³-hybridized carbons (Fsp3) is 0.909. The van der Waals surface area contributed by atoms with Gasteiger partial charge in [-0.05, 0) is 48.6 Å². The van der Waals surface area contributed by atoms with Crippen LogP contribution in [0, 0.1) is 29.6 Å². The quantitative estimate of drug-likeness (QED) is 0.390. The van der Waals surface area contributed by atoms with Crippen LogP contribution in [0.3, 0.4) is 0 Å². The van der Waals surface area contributed by atoms with E-state index in [2.05, 4.69) is 39.6 Å². The highest BCUT2D eigenvalue weighted by Crippen LogP contribution is 2.35. The predicted octanol–water partition coefficient (Wildman–Crippen LogP) is 6.79. The first-order valence-electron chi connectivity index (χ1n) is 10.4. The lowest BCUT2D eigenvalue weighted by Gasteiger charge is -2.29. The summed E-state index contributed by atoms with van der Waals surface area (Å²) in [5.74, 6) is 4.66. The van der Waals surface area contributed by atoms with E-state index in [1.807, 2.05) is 6.20 Å². The van der Waals surface area contributed by atoms with E-state index in [0.29, 0.717) is 0 Å². The molecule has 1 aliphatic carbocycles. The molecule has 0 radical (unpaired) electrons. The van der Waals surface area contributed by atoms with Crippen LogP contribution < -0.4 is 5.32 Å². The minimum atomic E-state index is 0.813. The Morgan fingerprint density at radius 3 is 2.17 bits per heavy atom. The van der Waals surface area contributed by atoms with Gasteiger partial charge in [-0.1, -0.05) is 85.6 Å². The first kappa shape index (κ1) is 20.6. The SMILES string of the molecule is C=CNCCC(CCCCC1CCC(CC(C)C)CC1)C(C)C. The van der Waals surface area contributed by atoms with Gasteiger partial charge in [-0.3, -0.25) is 0 Å². The van der Waals surface area contributed by atoms with Gasteiger partial charge < -0.3 is 5.32 Å². The average molecular weight is 322 g/mol. The summed E-state index contributed by atoms with van der Waals surface area (Å²) in [7, 11) is 0. The largest absolute Gasteiger partial charge is 0.391 e. The molecule has 1 heteroatoms. The first-order valence-corrected chi connectivity index (χ1v) is 10.4. The second-order valence-electron chi connectivity index (χ2n) is 8.75. The van der Waals surface area contributed by atoms with Crippen molar-refractivity contribution >= 4 is 0 Å². The third-order valence-electron chi connectivity index (χ3n) is 5.95. The summed E-state index contributed by atoms with van der Waals surface area (Å²) < 4.78 is 0. The van der Waals surface area contributed by atoms with Gasteiger partial charge in [0.2, 0.25) is 0 Å². The van der Waals surface area contributed by atoms with E-state index in [1.54, 1.807) is 0 Å². The molecular formula is C22H43N. The Hall–Kier alpha value is -0.460. The molecule has 1 saturated carbocycles. The maximum atomic E-state index is 3.74. The summed E-state index contributed by atoms with van der Waals surface area (Å²) >= 11 is 0. The maximum absolute atomic E-state index is 3.74. The molecule has 1 fully saturated rings. The van der Waals surface area contributed by atoms with Crippen LogP contribution in [0.15, 0.2) is 12.8 Å². The van der Waals surface area contributed by atoms with Gasteiger partial charge in [0.25, 0.3) is 0 Å². The molecule has 0 heterocycles. The monoisotopic (exact) mass is 321 g/mol. The van der Waals surface area contributed by atoms with E-state index in [1.165, 1.54) is 64.2 Å². The summed E-state index contributed by atoms with van der Waals surface area (Å²) in [6.45, 7) is 14.3. The minimum absolute atomic E-state index is 0.813. The summed E-state index contributed by atoms with van der Waals surface area (Å²) in [6.07, 6.45) is 16.4. The maximum Gasteiger partial charge on any atom is 0.0144 e. The first-order chi connectivity index (χ1) is 11.0. The summed E-state index contributed by atoms with van der Waals surface area (Å²) in [6, 6.07) is 0. The molecule has 0 aromatic heterocycles. The molecule has 0 spiro atoms. The van der Waals surface area contributed by atoms with Crippen LogP contribution in [0.25, 0.3) is 0 Å². The van der Waals surface area contributed by atoms with Gasteiger partial charge in [-0.25, -0.2) is 0 Å². The minimum Gasteiger partial charge on any atom is -0.391 e. The molecule has 0 aromatic carbocycles. The van der Waals surface area contributed by atoms with Crippen LogP contribution in [0.4, 0.5) is 0 Å². The van der Waals surface area contributed by atoms with Crippen molar-refractivity contribution in [3.05, 3.63) is 12.8 Å². The third-order valence-corrected chi connectivity index (χ3v) is 5.95. The van der Waals surface area contributed by atoms with Gasteiger partial charge in [0.15, 0.2) is 0 Å². The van der Waals surface area contributed by atoms with Crippen molar-refractivity contribution in [2.75, 3.05) is 6.54 Å². The second-order valence-corrected chi connectivity index (χ2v) is 8.75. The standard InChI is InChI=1S/C22H43N/c1-6-23-16-15-22(19(4)5)10-8-7-9-20-11-13-21(14-12-20)17-18(2)3/h6,18-23H,1,7-17H2,2-5H3. The smallest absolute Gasteiger partial charge is 0.0144 e. The average Bonchev–Trinajstić information content (AvgIpc) is 2.50. The molecule has 0 aromatic rings. The summed E-state index contributed by atoms with van der Waals surface area (Å²) in [5, 5.41) is 3.26. The number of nitrogens with one attached hydrogen (secondary N) is 1. The molecule has 1 rings (SSSR count). The molecular weight excluding hydrogens is 278 g/mol. The van der Waals surface area contributed by atoms with E-state index in [0.717, 1.165) is 36.1 Å². The van der Waals surface area contributed by atoms with Crippen LogP contribution in [-0.4, -0.2) is 6.54 Å². The van der Waals surface area contributed by atoms with Crippen LogP contribution in [0.1, 0.15) is 91.9 Å². The van der Waals surface area contributed by atoms with E-state index in [-0.39, 0.29) is 0 Å². The zero-order valence-electron chi connectivity index (χ0n) is 16.4. The van der Waals surface area contributed by atoms with Crippen LogP contribution in [0.2, 0.25) is 0 Å². The van der Waals surface area contributed by atoms with Crippen molar-refractivity contribution < 1.29 is 0 Å². The summed E-state index contributed by atoms with van der Waals surface area (Å²) in [5.41, 5.74) is 0. The van der Waals surface area contributed by atoms with E-state index < -0.39 is 0 Å². The Morgan fingerprint density at radius 2 is 1.61 bits per heavy atom. The molecule has 1 aliphatic rings. The van der Waals surface area contributed by atoms with Gasteiger partial charge in [-0.2, -0.15) is 0 Å². The fourth-order valence-electron chi connectivity index (χ4n) is 4.44. The molecule has 1 N–H and O–H groups in total. The lowest BCUT2D eigenvalue weighted by atomic mass is 9.76. The lowest BCUT2D eigenvalue weighted by molar-refractivity contribution is 0.230. The van der Waals surface area contributed by atoms with Crippen molar-refractivity contribution in [1.29, 1.82) is 0 Å². The highest BCUT2D eigenvalue weighted by molar-refractivity contribution is 4.74. The van der Waals surface area contributed by atoms with Crippen molar-refractivity contribution in [2.45, 2.75) is 91.9 Å². The fourth-order valence-corrected chi connectivity index (χ4v) is 4.44. The van der Waals surface area contributed by atoms with Crippen molar-refractivity contribution in [3.8, 4) is 0 Å². The molecule has 0 amide bonds.